The highest BCUT2D eigenvalue weighted by molar-refractivity contribution is 4.91. The van der Waals surface area contributed by atoms with Gasteiger partial charge in [0.05, 0.1) is 6.04 Å². The lowest BCUT2D eigenvalue weighted by Gasteiger charge is -2.37. The molecule has 2 unspecified atom stereocenters. The van der Waals surface area contributed by atoms with Gasteiger partial charge in [0, 0.05) is 13.1 Å². The van der Waals surface area contributed by atoms with Gasteiger partial charge in [-0.2, -0.15) is 0 Å². The van der Waals surface area contributed by atoms with Gasteiger partial charge < -0.3 is 4.90 Å². The fourth-order valence-electron chi connectivity index (χ4n) is 4.22. The van der Waals surface area contributed by atoms with E-state index >= 15 is 0 Å². The van der Waals surface area contributed by atoms with Crippen molar-refractivity contribution >= 4 is 0 Å². The Hall–Kier alpha value is -1.01. The minimum atomic E-state index is 0.318. The van der Waals surface area contributed by atoms with Gasteiger partial charge in [0.25, 0.3) is 0 Å². The van der Waals surface area contributed by atoms with Crippen LogP contribution in [0.4, 0.5) is 0 Å². The number of hydrogen-bond donors (Lipinski definition) is 0. The van der Waals surface area contributed by atoms with E-state index in [9.17, 15) is 0 Å². The normalized spacial score (nSPS) is 26.5. The third kappa shape index (κ3) is 4.10. The summed E-state index contributed by atoms with van der Waals surface area (Å²) in [5.74, 6) is 1.87. The molecule has 0 aromatic carbocycles. The first-order valence-corrected chi connectivity index (χ1v) is 9.35. The Morgan fingerprint density at radius 2 is 1.91 bits per heavy atom. The van der Waals surface area contributed by atoms with Crippen LogP contribution in [0.2, 0.25) is 0 Å². The molecule has 0 aliphatic carbocycles. The molecule has 0 spiro atoms. The van der Waals surface area contributed by atoms with E-state index in [2.05, 4.69) is 39.2 Å². The van der Waals surface area contributed by atoms with Crippen molar-refractivity contribution in [3.63, 3.8) is 0 Å². The summed E-state index contributed by atoms with van der Waals surface area (Å²) in [6.45, 7) is 9.59. The quantitative estimate of drug-likeness (QED) is 0.833. The molecule has 0 saturated carbocycles. The largest absolute Gasteiger partial charge is 0.301 e. The van der Waals surface area contributed by atoms with Crippen LogP contribution in [0.3, 0.4) is 0 Å². The summed E-state index contributed by atoms with van der Waals surface area (Å²) in [6, 6.07) is 1.12. The van der Waals surface area contributed by atoms with Crippen molar-refractivity contribution in [1.82, 2.24) is 30.0 Å². The van der Waals surface area contributed by atoms with E-state index < -0.39 is 0 Å². The zero-order valence-electron chi connectivity index (χ0n) is 15.0. The maximum atomic E-state index is 4.17. The summed E-state index contributed by atoms with van der Waals surface area (Å²) >= 11 is 0. The highest BCUT2D eigenvalue weighted by Crippen LogP contribution is 2.27. The second-order valence-corrected chi connectivity index (χ2v) is 7.49. The van der Waals surface area contributed by atoms with E-state index in [1.807, 2.05) is 7.05 Å². The maximum Gasteiger partial charge on any atom is 0.167 e. The second kappa shape index (κ2) is 7.71. The average Bonchev–Trinajstić information content (AvgIpc) is 3.00. The molecule has 23 heavy (non-hydrogen) atoms. The molecule has 0 amide bonds. The molecule has 1 aromatic heterocycles. The molecular weight excluding hydrogens is 288 g/mol. The van der Waals surface area contributed by atoms with Crippen molar-refractivity contribution < 1.29 is 0 Å². The van der Waals surface area contributed by atoms with Crippen LogP contribution in [0.5, 0.6) is 0 Å². The van der Waals surface area contributed by atoms with Crippen molar-refractivity contribution in [3.8, 4) is 0 Å². The van der Waals surface area contributed by atoms with Crippen molar-refractivity contribution in [2.75, 3.05) is 26.2 Å². The van der Waals surface area contributed by atoms with Gasteiger partial charge >= 0.3 is 0 Å². The zero-order valence-corrected chi connectivity index (χ0v) is 15.0. The van der Waals surface area contributed by atoms with Crippen LogP contribution in [0.1, 0.15) is 64.2 Å². The van der Waals surface area contributed by atoms with E-state index in [1.165, 1.54) is 64.7 Å². The third-order valence-corrected chi connectivity index (χ3v) is 5.99. The van der Waals surface area contributed by atoms with Crippen LogP contribution in [0.15, 0.2) is 0 Å². The number of likely N-dealkylation sites (tertiary alicyclic amines) is 2. The summed E-state index contributed by atoms with van der Waals surface area (Å²) in [7, 11) is 1.93. The van der Waals surface area contributed by atoms with Crippen molar-refractivity contribution in [3.05, 3.63) is 5.82 Å². The summed E-state index contributed by atoms with van der Waals surface area (Å²) in [6.07, 6.45) is 8.21. The predicted octanol–water partition coefficient (Wildman–Crippen LogP) is 2.25. The Balaban J connectivity index is 1.42. The standard InChI is InChI=1S/C17H32N6/c1-14-6-4-5-10-22(14)11-7-16-8-12-23(13-9-16)15(2)17-18-19-20-21(17)3/h14-16H,4-13H2,1-3H3. The third-order valence-electron chi connectivity index (χ3n) is 5.99. The van der Waals surface area contributed by atoms with E-state index in [0.29, 0.717) is 6.04 Å². The lowest BCUT2D eigenvalue weighted by atomic mass is 9.91. The molecule has 2 saturated heterocycles. The number of rotatable bonds is 5. The van der Waals surface area contributed by atoms with Gasteiger partial charge in [0.15, 0.2) is 5.82 Å². The van der Waals surface area contributed by atoms with Gasteiger partial charge in [-0.3, -0.25) is 4.90 Å². The monoisotopic (exact) mass is 320 g/mol. The molecule has 6 heteroatoms. The Bertz CT molecular complexity index is 479. The van der Waals surface area contributed by atoms with E-state index in [1.54, 1.807) is 4.68 Å². The molecule has 3 heterocycles. The molecule has 6 nitrogen and oxygen atoms in total. The molecule has 2 aliphatic heterocycles. The Kier molecular flexibility index (Phi) is 5.64. The summed E-state index contributed by atoms with van der Waals surface area (Å²) in [5, 5.41) is 11.9. The smallest absolute Gasteiger partial charge is 0.167 e. The van der Waals surface area contributed by atoms with Crippen LogP contribution in [0, 0.1) is 5.92 Å². The lowest BCUT2D eigenvalue weighted by molar-refractivity contribution is 0.109. The maximum absolute atomic E-state index is 4.17. The van der Waals surface area contributed by atoms with Crippen molar-refractivity contribution in [2.24, 2.45) is 13.0 Å². The van der Waals surface area contributed by atoms with E-state index in [-0.39, 0.29) is 0 Å². The predicted molar refractivity (Wildman–Crippen MR) is 91.0 cm³/mol. The molecular formula is C17H32N6. The van der Waals surface area contributed by atoms with E-state index in [0.717, 1.165) is 17.8 Å². The van der Waals surface area contributed by atoms with Crippen molar-refractivity contribution in [1.29, 1.82) is 0 Å². The molecule has 2 atom stereocenters. The Morgan fingerprint density at radius 3 is 2.57 bits per heavy atom. The summed E-state index contributed by atoms with van der Waals surface area (Å²) < 4.78 is 1.80. The summed E-state index contributed by atoms with van der Waals surface area (Å²) in [5.41, 5.74) is 0. The number of aromatic nitrogens is 4. The molecule has 0 bridgehead atoms. The Morgan fingerprint density at radius 1 is 1.13 bits per heavy atom. The first-order valence-electron chi connectivity index (χ1n) is 9.35. The SMILES string of the molecule is CC1CCCCN1CCC1CCN(C(C)c2nnnn2C)CC1. The first-order chi connectivity index (χ1) is 11.1. The van der Waals surface area contributed by atoms with Crippen molar-refractivity contribution in [2.45, 2.75) is 64.5 Å². The fraction of sp³-hybridized carbons (Fsp3) is 0.941. The summed E-state index contributed by atoms with van der Waals surface area (Å²) in [4.78, 5) is 5.25. The minimum Gasteiger partial charge on any atom is -0.301 e. The van der Waals surface area contributed by atoms with Gasteiger partial charge in [-0.25, -0.2) is 4.68 Å². The Labute approximate surface area is 140 Å². The number of hydrogen-bond acceptors (Lipinski definition) is 5. The molecule has 2 aliphatic rings. The molecule has 1 aromatic rings. The number of piperidine rings is 2. The van der Waals surface area contributed by atoms with Crippen LogP contribution >= 0.6 is 0 Å². The molecule has 3 rings (SSSR count). The molecule has 2 fully saturated rings. The van der Waals surface area contributed by atoms with Gasteiger partial charge in [0.2, 0.25) is 0 Å². The number of aryl methyl sites for hydroxylation is 1. The van der Waals surface area contributed by atoms with E-state index in [4.69, 9.17) is 0 Å². The second-order valence-electron chi connectivity index (χ2n) is 7.49. The lowest BCUT2D eigenvalue weighted by Crippen LogP contribution is -2.40. The van der Waals surface area contributed by atoms with Gasteiger partial charge in [-0.15, -0.1) is 5.10 Å². The molecule has 0 radical (unpaired) electrons. The number of tetrazole rings is 1. The first kappa shape index (κ1) is 16.8. The van der Waals surface area contributed by atoms with Crippen LogP contribution < -0.4 is 0 Å². The van der Waals surface area contributed by atoms with Gasteiger partial charge in [-0.1, -0.05) is 6.42 Å². The zero-order chi connectivity index (χ0) is 16.2. The highest BCUT2D eigenvalue weighted by Gasteiger charge is 2.27. The highest BCUT2D eigenvalue weighted by atomic mass is 15.5. The van der Waals surface area contributed by atoms with Crippen LogP contribution in [-0.4, -0.2) is 62.2 Å². The van der Waals surface area contributed by atoms with Crippen LogP contribution in [0.25, 0.3) is 0 Å². The fourth-order valence-corrected chi connectivity index (χ4v) is 4.22. The van der Waals surface area contributed by atoms with Gasteiger partial charge in [0.1, 0.15) is 0 Å². The van der Waals surface area contributed by atoms with Crippen LogP contribution in [-0.2, 0) is 7.05 Å². The minimum absolute atomic E-state index is 0.318. The average molecular weight is 320 g/mol. The topological polar surface area (TPSA) is 50.1 Å². The molecule has 0 N–H and O–H groups in total. The van der Waals surface area contributed by atoms with Gasteiger partial charge in [-0.05, 0) is 88.5 Å². The number of nitrogens with zero attached hydrogens (tertiary/aromatic N) is 6. The molecule has 130 valence electrons.